The zero-order valence-electron chi connectivity index (χ0n) is 16.8. The summed E-state index contributed by atoms with van der Waals surface area (Å²) in [6.45, 7) is 6.36. The number of nitrogens with one attached hydrogen (secondary N) is 1. The number of hydrogen-bond acceptors (Lipinski definition) is 5. The summed E-state index contributed by atoms with van der Waals surface area (Å²) in [5.74, 6) is 1.09. The Balaban J connectivity index is 1.52. The van der Waals surface area contributed by atoms with Crippen molar-refractivity contribution in [2.24, 2.45) is 0 Å². The highest BCUT2D eigenvalue weighted by atomic mass is 16.5. The molecular weight excluding hydrogens is 368 g/mol. The van der Waals surface area contributed by atoms with Gasteiger partial charge in [0.15, 0.2) is 11.6 Å². The summed E-state index contributed by atoms with van der Waals surface area (Å²) in [7, 11) is 0. The molecule has 0 bridgehead atoms. The molecule has 2 aromatic heterocycles. The summed E-state index contributed by atoms with van der Waals surface area (Å²) in [5, 5.41) is 7.16. The predicted molar refractivity (Wildman–Crippen MR) is 111 cm³/mol. The van der Waals surface area contributed by atoms with Crippen LogP contribution in [-0.4, -0.2) is 33.1 Å². The highest BCUT2D eigenvalue weighted by Crippen LogP contribution is 2.15. The Hall–Kier alpha value is -3.48. The number of rotatable bonds is 8. The van der Waals surface area contributed by atoms with Crippen LogP contribution in [0.1, 0.15) is 41.5 Å². The fourth-order valence-electron chi connectivity index (χ4n) is 2.94. The lowest BCUT2D eigenvalue weighted by molar-refractivity contribution is -0.116. The molecule has 0 aliphatic rings. The van der Waals surface area contributed by atoms with Crippen LogP contribution in [0.2, 0.25) is 0 Å². The molecule has 150 valence electrons. The van der Waals surface area contributed by atoms with E-state index in [-0.39, 0.29) is 24.5 Å². The minimum atomic E-state index is -0.232. The van der Waals surface area contributed by atoms with Gasteiger partial charge in [0.1, 0.15) is 5.75 Å². The van der Waals surface area contributed by atoms with Crippen molar-refractivity contribution in [3.8, 4) is 11.6 Å². The Labute approximate surface area is 169 Å². The highest BCUT2D eigenvalue weighted by Gasteiger charge is 2.11. The maximum atomic E-state index is 12.3. The number of carbonyl (C=O) groups excluding carboxylic acids is 2. The molecule has 3 aromatic rings. The average molecular weight is 392 g/mol. The van der Waals surface area contributed by atoms with Crippen LogP contribution in [-0.2, 0) is 4.79 Å². The van der Waals surface area contributed by atoms with Crippen molar-refractivity contribution in [3.05, 3.63) is 65.6 Å². The Morgan fingerprint density at radius 1 is 1.07 bits per heavy atom. The van der Waals surface area contributed by atoms with Crippen LogP contribution in [0.25, 0.3) is 5.82 Å². The number of Topliss-reactive ketones (excluding diaryl/α,β-unsaturated/α-hetero) is 1. The number of ether oxygens (including phenoxy) is 1. The van der Waals surface area contributed by atoms with E-state index in [4.69, 9.17) is 4.74 Å². The maximum absolute atomic E-state index is 12.3. The van der Waals surface area contributed by atoms with E-state index in [0.717, 1.165) is 17.1 Å². The Morgan fingerprint density at radius 2 is 1.83 bits per heavy atom. The van der Waals surface area contributed by atoms with Crippen LogP contribution in [0.5, 0.6) is 5.75 Å². The summed E-state index contributed by atoms with van der Waals surface area (Å²) in [6.07, 6.45) is 1.82. The van der Waals surface area contributed by atoms with Crippen molar-refractivity contribution in [2.45, 2.75) is 33.6 Å². The van der Waals surface area contributed by atoms with Gasteiger partial charge in [-0.25, -0.2) is 9.67 Å². The van der Waals surface area contributed by atoms with Crippen LogP contribution in [0.4, 0.5) is 5.69 Å². The molecule has 7 nitrogen and oxygen atoms in total. The van der Waals surface area contributed by atoms with Gasteiger partial charge in [-0.2, -0.15) is 5.10 Å². The summed E-state index contributed by atoms with van der Waals surface area (Å²) < 4.78 is 7.11. The molecular formula is C22H24N4O3. The van der Waals surface area contributed by atoms with Crippen LogP contribution < -0.4 is 10.1 Å². The number of ketones is 1. The Morgan fingerprint density at radius 3 is 2.41 bits per heavy atom. The summed E-state index contributed by atoms with van der Waals surface area (Å²) in [4.78, 5) is 28.8. The van der Waals surface area contributed by atoms with E-state index in [9.17, 15) is 9.59 Å². The number of benzene rings is 1. The smallest absolute Gasteiger partial charge is 0.224 e. The van der Waals surface area contributed by atoms with Crippen molar-refractivity contribution in [1.29, 1.82) is 0 Å². The van der Waals surface area contributed by atoms with Crippen molar-refractivity contribution >= 4 is 17.4 Å². The molecule has 0 unspecified atom stereocenters. The fourth-order valence-corrected chi connectivity index (χ4v) is 2.94. The van der Waals surface area contributed by atoms with Gasteiger partial charge >= 0.3 is 0 Å². The van der Waals surface area contributed by atoms with Gasteiger partial charge in [0.2, 0.25) is 5.91 Å². The van der Waals surface area contributed by atoms with Gasteiger partial charge < -0.3 is 10.1 Å². The van der Waals surface area contributed by atoms with E-state index >= 15 is 0 Å². The molecule has 1 amide bonds. The Kier molecular flexibility index (Phi) is 6.39. The zero-order chi connectivity index (χ0) is 20.8. The average Bonchev–Trinajstić information content (AvgIpc) is 3.05. The third-order valence-corrected chi connectivity index (χ3v) is 4.32. The lowest BCUT2D eigenvalue weighted by Crippen LogP contribution is -2.14. The lowest BCUT2D eigenvalue weighted by Gasteiger charge is -2.07. The van der Waals surface area contributed by atoms with Crippen molar-refractivity contribution in [2.75, 3.05) is 11.9 Å². The van der Waals surface area contributed by atoms with Gasteiger partial charge in [-0.1, -0.05) is 0 Å². The third kappa shape index (κ3) is 5.28. The number of aryl methyl sites for hydroxylation is 2. The zero-order valence-corrected chi connectivity index (χ0v) is 16.8. The number of hydrogen-bond donors (Lipinski definition) is 1. The number of aromatic nitrogens is 3. The van der Waals surface area contributed by atoms with Gasteiger partial charge in [-0.3, -0.25) is 9.59 Å². The first-order valence-corrected chi connectivity index (χ1v) is 9.52. The Bertz CT molecular complexity index is 992. The second-order valence-corrected chi connectivity index (χ2v) is 6.67. The topological polar surface area (TPSA) is 86.1 Å². The van der Waals surface area contributed by atoms with E-state index in [2.05, 4.69) is 15.4 Å². The molecule has 29 heavy (non-hydrogen) atoms. The fraction of sp³-hybridized carbons (Fsp3) is 0.273. The molecule has 1 N–H and O–H groups in total. The van der Waals surface area contributed by atoms with E-state index in [1.54, 1.807) is 47.3 Å². The molecule has 7 heteroatoms. The molecule has 0 saturated heterocycles. The summed E-state index contributed by atoms with van der Waals surface area (Å²) in [6, 6.07) is 12.5. The number of nitrogens with zero attached hydrogens (tertiary/aromatic N) is 3. The quantitative estimate of drug-likeness (QED) is 0.588. The van der Waals surface area contributed by atoms with Crippen LogP contribution >= 0.6 is 0 Å². The SMILES string of the molecule is CCOc1ccc(C(=O)CCC(=O)Nc2ccc(-n3nc(C)cc3C)nc2)cc1. The molecule has 0 saturated carbocycles. The van der Waals surface area contributed by atoms with E-state index in [1.165, 1.54) is 0 Å². The van der Waals surface area contributed by atoms with E-state index < -0.39 is 0 Å². The van der Waals surface area contributed by atoms with Crippen LogP contribution in [0.3, 0.4) is 0 Å². The monoisotopic (exact) mass is 392 g/mol. The molecule has 0 spiro atoms. The van der Waals surface area contributed by atoms with Crippen molar-refractivity contribution in [1.82, 2.24) is 14.8 Å². The van der Waals surface area contributed by atoms with E-state index in [0.29, 0.717) is 23.7 Å². The molecule has 0 radical (unpaired) electrons. The second-order valence-electron chi connectivity index (χ2n) is 6.67. The van der Waals surface area contributed by atoms with E-state index in [1.807, 2.05) is 26.8 Å². The van der Waals surface area contributed by atoms with Crippen LogP contribution in [0, 0.1) is 13.8 Å². The number of carbonyl (C=O) groups is 2. The first kappa shape index (κ1) is 20.3. The summed E-state index contributed by atoms with van der Waals surface area (Å²) in [5.41, 5.74) is 3.05. The summed E-state index contributed by atoms with van der Waals surface area (Å²) >= 11 is 0. The number of anilines is 1. The largest absolute Gasteiger partial charge is 0.494 e. The highest BCUT2D eigenvalue weighted by molar-refractivity contribution is 6.00. The van der Waals surface area contributed by atoms with Crippen LogP contribution in [0.15, 0.2) is 48.7 Å². The first-order chi connectivity index (χ1) is 14.0. The minimum Gasteiger partial charge on any atom is -0.494 e. The normalized spacial score (nSPS) is 10.6. The molecule has 0 fully saturated rings. The molecule has 3 rings (SSSR count). The minimum absolute atomic E-state index is 0.0822. The molecule has 0 atom stereocenters. The van der Waals surface area contributed by atoms with Crippen molar-refractivity contribution < 1.29 is 14.3 Å². The van der Waals surface area contributed by atoms with Gasteiger partial charge in [0, 0.05) is 24.1 Å². The number of pyridine rings is 1. The lowest BCUT2D eigenvalue weighted by atomic mass is 10.1. The van der Waals surface area contributed by atoms with Gasteiger partial charge in [-0.15, -0.1) is 0 Å². The standard InChI is InChI=1S/C22H24N4O3/c1-4-29-19-8-5-17(6-9-19)20(27)10-12-22(28)24-18-7-11-21(23-14-18)26-16(3)13-15(2)25-26/h5-9,11,13-14H,4,10,12H2,1-3H3,(H,24,28). The predicted octanol–water partition coefficient (Wildman–Crippen LogP) is 3.88. The number of amides is 1. The van der Waals surface area contributed by atoms with Gasteiger partial charge in [0.05, 0.1) is 24.2 Å². The molecule has 0 aliphatic heterocycles. The van der Waals surface area contributed by atoms with Gasteiger partial charge in [-0.05, 0) is 63.2 Å². The second kappa shape index (κ2) is 9.14. The maximum Gasteiger partial charge on any atom is 0.224 e. The molecule has 2 heterocycles. The molecule has 1 aromatic carbocycles. The molecule has 0 aliphatic carbocycles. The van der Waals surface area contributed by atoms with Crippen molar-refractivity contribution in [3.63, 3.8) is 0 Å². The van der Waals surface area contributed by atoms with Gasteiger partial charge in [0.25, 0.3) is 0 Å². The first-order valence-electron chi connectivity index (χ1n) is 9.52. The third-order valence-electron chi connectivity index (χ3n) is 4.32.